The molecule has 0 heterocycles. The molecule has 0 bridgehead atoms. The molecule has 16 heavy (non-hydrogen) atoms. The lowest BCUT2D eigenvalue weighted by Gasteiger charge is -2.17. The van der Waals surface area contributed by atoms with Gasteiger partial charge < -0.3 is 10.2 Å². The Kier molecular flexibility index (Phi) is 5.34. The van der Waals surface area contributed by atoms with E-state index in [2.05, 4.69) is 12.6 Å². The van der Waals surface area contributed by atoms with E-state index in [1.165, 1.54) is 6.92 Å². The molecule has 1 aromatic rings. The Morgan fingerprint density at radius 1 is 1.38 bits per heavy atom. The fourth-order valence-corrected chi connectivity index (χ4v) is 1.92. The first-order valence-electron chi connectivity index (χ1n) is 4.79. The van der Waals surface area contributed by atoms with Gasteiger partial charge in [-0.2, -0.15) is 0 Å². The maximum absolute atomic E-state index is 10.7. The van der Waals surface area contributed by atoms with Gasteiger partial charge in [-0.1, -0.05) is 23.9 Å². The summed E-state index contributed by atoms with van der Waals surface area (Å²) in [6.45, 7) is 1.43. The lowest BCUT2D eigenvalue weighted by Crippen LogP contribution is -2.21. The summed E-state index contributed by atoms with van der Waals surface area (Å²) in [6.07, 6.45) is -1.92. The van der Waals surface area contributed by atoms with Crippen molar-refractivity contribution in [2.75, 3.05) is 5.75 Å². The second-order valence-electron chi connectivity index (χ2n) is 3.41. The molecule has 1 aromatic carbocycles. The maximum atomic E-state index is 10.7. The van der Waals surface area contributed by atoms with Crippen molar-refractivity contribution in [1.82, 2.24) is 0 Å². The highest BCUT2D eigenvalue weighted by atomic mass is 32.2. The van der Waals surface area contributed by atoms with Gasteiger partial charge in [0.25, 0.3) is 0 Å². The highest BCUT2D eigenvalue weighted by Crippen LogP contribution is 2.21. The van der Waals surface area contributed by atoms with Crippen molar-refractivity contribution in [3.8, 4) is 0 Å². The van der Waals surface area contributed by atoms with Crippen LogP contribution in [0.25, 0.3) is 0 Å². The monoisotopic (exact) mass is 258 g/mol. The molecule has 1 rings (SSSR count). The molecule has 0 fully saturated rings. The zero-order valence-corrected chi connectivity index (χ0v) is 10.5. The van der Waals surface area contributed by atoms with Gasteiger partial charge in [0.15, 0.2) is 5.12 Å². The van der Waals surface area contributed by atoms with Crippen molar-refractivity contribution < 1.29 is 15.0 Å². The van der Waals surface area contributed by atoms with Crippen LogP contribution in [0.2, 0.25) is 0 Å². The highest BCUT2D eigenvalue weighted by Gasteiger charge is 2.18. The molecule has 0 aromatic heterocycles. The molecule has 2 N–H and O–H groups in total. The zero-order chi connectivity index (χ0) is 12.1. The van der Waals surface area contributed by atoms with E-state index < -0.39 is 12.2 Å². The van der Waals surface area contributed by atoms with Gasteiger partial charge in [-0.15, -0.1) is 12.6 Å². The summed E-state index contributed by atoms with van der Waals surface area (Å²) < 4.78 is 0. The van der Waals surface area contributed by atoms with Gasteiger partial charge >= 0.3 is 0 Å². The Labute approximate surface area is 104 Å². The molecule has 0 saturated heterocycles. The molecule has 0 radical (unpaired) electrons. The van der Waals surface area contributed by atoms with E-state index in [0.29, 0.717) is 5.56 Å². The van der Waals surface area contributed by atoms with Crippen LogP contribution in [0, 0.1) is 0 Å². The molecular weight excluding hydrogens is 244 g/mol. The van der Waals surface area contributed by atoms with Crippen LogP contribution in [0.3, 0.4) is 0 Å². The van der Waals surface area contributed by atoms with Gasteiger partial charge in [-0.3, -0.25) is 4.79 Å². The highest BCUT2D eigenvalue weighted by molar-refractivity contribution is 8.13. The molecule has 0 spiro atoms. The first-order chi connectivity index (χ1) is 7.50. The number of aliphatic hydroxyl groups excluding tert-OH is 2. The van der Waals surface area contributed by atoms with Gasteiger partial charge in [0, 0.05) is 17.6 Å². The lowest BCUT2D eigenvalue weighted by atomic mass is 10.1. The topological polar surface area (TPSA) is 57.5 Å². The number of benzene rings is 1. The van der Waals surface area contributed by atoms with Crippen LogP contribution in [-0.4, -0.2) is 27.2 Å². The Morgan fingerprint density at radius 2 is 1.94 bits per heavy atom. The first-order valence-corrected chi connectivity index (χ1v) is 6.22. The number of carbonyl (C=O) groups excluding carboxylic acids is 1. The largest absolute Gasteiger partial charge is 0.389 e. The number of rotatable bonds is 4. The Hall–Kier alpha value is -0.490. The van der Waals surface area contributed by atoms with E-state index in [9.17, 15) is 15.0 Å². The molecule has 0 aliphatic carbocycles. The number of thioether (sulfide) groups is 1. The average molecular weight is 258 g/mol. The summed E-state index contributed by atoms with van der Waals surface area (Å²) in [7, 11) is 0. The second-order valence-corrected chi connectivity index (χ2v) is 5.12. The van der Waals surface area contributed by atoms with Crippen LogP contribution in [0.5, 0.6) is 0 Å². The molecule has 2 atom stereocenters. The third-order valence-corrected chi connectivity index (χ3v) is 3.27. The van der Waals surface area contributed by atoms with E-state index in [-0.39, 0.29) is 10.9 Å². The number of carbonyl (C=O) groups is 1. The predicted octanol–water partition coefficient (Wildman–Crippen LogP) is 1.65. The number of aliphatic hydroxyl groups is 2. The minimum atomic E-state index is -0.971. The normalized spacial score (nSPS) is 14.5. The van der Waals surface area contributed by atoms with Crippen molar-refractivity contribution in [1.29, 1.82) is 0 Å². The molecule has 88 valence electrons. The van der Waals surface area contributed by atoms with Gasteiger partial charge in [-0.25, -0.2) is 0 Å². The molecule has 0 saturated carbocycles. The van der Waals surface area contributed by atoms with Crippen molar-refractivity contribution >= 4 is 29.5 Å². The van der Waals surface area contributed by atoms with E-state index in [4.69, 9.17) is 0 Å². The third-order valence-electron chi connectivity index (χ3n) is 2.06. The number of thiol groups is 1. The minimum absolute atomic E-state index is 0.0723. The lowest BCUT2D eigenvalue weighted by molar-refractivity contribution is -0.109. The van der Waals surface area contributed by atoms with Crippen molar-refractivity contribution in [2.24, 2.45) is 0 Å². The molecular formula is C11H14O3S2. The minimum Gasteiger partial charge on any atom is -0.389 e. The smallest absolute Gasteiger partial charge is 0.185 e. The van der Waals surface area contributed by atoms with E-state index >= 15 is 0 Å². The quantitative estimate of drug-likeness (QED) is 0.719. The Morgan fingerprint density at radius 3 is 2.44 bits per heavy atom. The Bertz CT molecular complexity index is 351. The molecule has 0 aliphatic heterocycles. The van der Waals surface area contributed by atoms with E-state index in [1.54, 1.807) is 24.3 Å². The summed E-state index contributed by atoms with van der Waals surface area (Å²) in [6, 6.07) is 6.89. The van der Waals surface area contributed by atoms with Crippen molar-refractivity contribution in [2.45, 2.75) is 24.0 Å². The van der Waals surface area contributed by atoms with Crippen LogP contribution in [0.4, 0.5) is 0 Å². The molecule has 2 unspecified atom stereocenters. The SMILES string of the molecule is CC(=O)SCC(O)C(O)c1ccc(S)cc1. The summed E-state index contributed by atoms with van der Waals surface area (Å²) in [5.41, 5.74) is 0.620. The van der Waals surface area contributed by atoms with Crippen molar-refractivity contribution in [3.05, 3.63) is 29.8 Å². The third kappa shape index (κ3) is 4.17. The molecule has 3 nitrogen and oxygen atoms in total. The Balaban J connectivity index is 2.59. The summed E-state index contributed by atoms with van der Waals surface area (Å²) in [5, 5.41) is 19.4. The van der Waals surface area contributed by atoms with E-state index in [0.717, 1.165) is 16.7 Å². The molecule has 5 heteroatoms. The molecule has 0 aliphatic rings. The zero-order valence-electron chi connectivity index (χ0n) is 8.83. The van der Waals surface area contributed by atoms with Crippen LogP contribution < -0.4 is 0 Å². The summed E-state index contributed by atoms with van der Waals surface area (Å²) in [5.74, 6) is 0.194. The van der Waals surface area contributed by atoms with E-state index in [1.807, 2.05) is 0 Å². The fourth-order valence-electron chi connectivity index (χ4n) is 1.19. The average Bonchev–Trinajstić information content (AvgIpc) is 2.26. The van der Waals surface area contributed by atoms with Gasteiger partial charge in [-0.05, 0) is 17.7 Å². The van der Waals surface area contributed by atoms with Crippen LogP contribution in [-0.2, 0) is 4.79 Å². The van der Waals surface area contributed by atoms with Gasteiger partial charge in [0.2, 0.25) is 0 Å². The van der Waals surface area contributed by atoms with Gasteiger partial charge in [0.1, 0.15) is 6.10 Å². The van der Waals surface area contributed by atoms with Crippen LogP contribution in [0.15, 0.2) is 29.2 Å². The molecule has 0 amide bonds. The fraction of sp³-hybridized carbons (Fsp3) is 0.364. The van der Waals surface area contributed by atoms with Crippen molar-refractivity contribution in [3.63, 3.8) is 0 Å². The maximum Gasteiger partial charge on any atom is 0.185 e. The van der Waals surface area contributed by atoms with Gasteiger partial charge in [0.05, 0.1) is 6.10 Å². The number of hydrogen-bond acceptors (Lipinski definition) is 5. The number of hydrogen-bond donors (Lipinski definition) is 3. The summed E-state index contributed by atoms with van der Waals surface area (Å²) >= 11 is 5.13. The first kappa shape index (κ1) is 13.6. The van der Waals surface area contributed by atoms with Crippen LogP contribution >= 0.6 is 24.4 Å². The van der Waals surface area contributed by atoms with Crippen LogP contribution in [0.1, 0.15) is 18.6 Å². The standard InChI is InChI=1S/C11H14O3S2/c1-7(12)16-6-10(13)11(14)8-2-4-9(15)5-3-8/h2-5,10-11,13-15H,6H2,1H3. The predicted molar refractivity (Wildman–Crippen MR) is 67.8 cm³/mol. The second kappa shape index (κ2) is 6.30. The summed E-state index contributed by atoms with van der Waals surface area (Å²) in [4.78, 5) is 11.5.